The molecule has 1 heterocycles. The number of pyridine rings is 1. The van der Waals surface area contributed by atoms with Crippen LogP contribution in [0.4, 0.5) is 5.82 Å². The van der Waals surface area contributed by atoms with E-state index in [1.54, 1.807) is 6.20 Å². The van der Waals surface area contributed by atoms with Crippen molar-refractivity contribution in [3.05, 3.63) is 34.9 Å². The lowest BCUT2D eigenvalue weighted by Crippen LogP contribution is -2.22. The fraction of sp³-hybridized carbons (Fsp3) is 0.0909. The summed E-state index contributed by atoms with van der Waals surface area (Å²) >= 11 is 3.46. The molecule has 0 aliphatic heterocycles. The number of nitrogens with zero attached hydrogens (tertiary/aromatic N) is 1. The van der Waals surface area contributed by atoms with Crippen molar-refractivity contribution in [1.29, 1.82) is 0 Å². The Hall–Kier alpha value is -1.62. The molecule has 3 N–H and O–H groups in total. The fourth-order valence-corrected chi connectivity index (χ4v) is 1.98. The summed E-state index contributed by atoms with van der Waals surface area (Å²) in [6, 6.07) is 7.73. The molecule has 0 atom stereocenters. The number of rotatable bonds is 3. The molecule has 1 aromatic carbocycles. The average molecular weight is 280 g/mol. The van der Waals surface area contributed by atoms with Gasteiger partial charge in [0.25, 0.3) is 0 Å². The van der Waals surface area contributed by atoms with Gasteiger partial charge in [-0.3, -0.25) is 4.79 Å². The molecular weight excluding hydrogens is 270 g/mol. The van der Waals surface area contributed by atoms with Crippen LogP contribution in [0.1, 0.15) is 0 Å². The molecular formula is C11H10BrN3O. The third-order valence-corrected chi connectivity index (χ3v) is 2.87. The van der Waals surface area contributed by atoms with Crippen molar-refractivity contribution in [2.24, 2.45) is 5.73 Å². The molecule has 4 nitrogen and oxygen atoms in total. The van der Waals surface area contributed by atoms with E-state index in [2.05, 4.69) is 26.2 Å². The molecule has 82 valence electrons. The van der Waals surface area contributed by atoms with Crippen molar-refractivity contribution >= 4 is 38.4 Å². The second-order valence-corrected chi connectivity index (χ2v) is 4.17. The van der Waals surface area contributed by atoms with Crippen molar-refractivity contribution in [1.82, 2.24) is 4.98 Å². The largest absolute Gasteiger partial charge is 0.368 e. The van der Waals surface area contributed by atoms with Crippen LogP contribution in [0.25, 0.3) is 10.8 Å². The van der Waals surface area contributed by atoms with Crippen LogP contribution in [0.5, 0.6) is 0 Å². The van der Waals surface area contributed by atoms with Crippen LogP contribution < -0.4 is 11.1 Å². The van der Waals surface area contributed by atoms with E-state index in [0.29, 0.717) is 5.82 Å². The maximum absolute atomic E-state index is 10.7. The van der Waals surface area contributed by atoms with E-state index in [1.165, 1.54) is 0 Å². The molecule has 0 radical (unpaired) electrons. The van der Waals surface area contributed by atoms with Crippen LogP contribution in [0.3, 0.4) is 0 Å². The highest BCUT2D eigenvalue weighted by Crippen LogP contribution is 2.27. The van der Waals surface area contributed by atoms with Gasteiger partial charge in [0.2, 0.25) is 5.91 Å². The van der Waals surface area contributed by atoms with Gasteiger partial charge in [-0.25, -0.2) is 4.98 Å². The van der Waals surface area contributed by atoms with Gasteiger partial charge in [-0.1, -0.05) is 28.1 Å². The Bertz CT molecular complexity index is 542. The van der Waals surface area contributed by atoms with E-state index < -0.39 is 5.91 Å². The number of hydrogen-bond acceptors (Lipinski definition) is 3. The van der Waals surface area contributed by atoms with Crippen LogP contribution in [0.2, 0.25) is 0 Å². The number of hydrogen-bond donors (Lipinski definition) is 2. The highest BCUT2D eigenvalue weighted by molar-refractivity contribution is 9.10. The first-order valence-corrected chi connectivity index (χ1v) is 5.53. The maximum atomic E-state index is 10.7. The molecule has 0 aliphatic rings. The molecule has 0 spiro atoms. The fourth-order valence-electron chi connectivity index (χ4n) is 1.48. The van der Waals surface area contributed by atoms with Gasteiger partial charge in [-0.05, 0) is 12.1 Å². The number of carbonyl (C=O) groups is 1. The molecule has 0 bridgehead atoms. The summed E-state index contributed by atoms with van der Waals surface area (Å²) in [6.07, 6.45) is 1.69. The van der Waals surface area contributed by atoms with E-state index in [0.717, 1.165) is 15.2 Å². The number of amides is 1. The number of halogens is 1. The standard InChI is InChI=1S/C11H10BrN3O/c12-9-3-1-2-8-7(9)4-5-14-11(8)15-6-10(13)16/h1-5H,6H2,(H2,13,16)(H,14,15). The third kappa shape index (κ3) is 2.14. The average Bonchev–Trinajstić information content (AvgIpc) is 2.27. The number of nitrogens with one attached hydrogen (secondary N) is 1. The first-order chi connectivity index (χ1) is 7.68. The molecule has 1 amide bonds. The van der Waals surface area contributed by atoms with Gasteiger partial charge in [-0.2, -0.15) is 0 Å². The zero-order chi connectivity index (χ0) is 11.5. The lowest BCUT2D eigenvalue weighted by Gasteiger charge is -2.07. The molecule has 5 heteroatoms. The lowest BCUT2D eigenvalue weighted by molar-refractivity contribution is -0.116. The topological polar surface area (TPSA) is 68.0 Å². The second kappa shape index (κ2) is 4.49. The first-order valence-electron chi connectivity index (χ1n) is 4.74. The minimum absolute atomic E-state index is 0.0820. The van der Waals surface area contributed by atoms with Crippen molar-refractivity contribution in [3.8, 4) is 0 Å². The van der Waals surface area contributed by atoms with Crippen LogP contribution in [0.15, 0.2) is 34.9 Å². The Morgan fingerprint density at radius 2 is 2.19 bits per heavy atom. The smallest absolute Gasteiger partial charge is 0.236 e. The van der Waals surface area contributed by atoms with E-state index in [-0.39, 0.29) is 6.54 Å². The summed E-state index contributed by atoms with van der Waals surface area (Å²) in [5.74, 6) is 0.256. The van der Waals surface area contributed by atoms with Gasteiger partial charge < -0.3 is 11.1 Å². The van der Waals surface area contributed by atoms with Gasteiger partial charge in [0.05, 0.1) is 6.54 Å². The molecule has 1 aromatic heterocycles. The summed E-state index contributed by atoms with van der Waals surface area (Å²) in [7, 11) is 0. The summed E-state index contributed by atoms with van der Waals surface area (Å²) in [4.78, 5) is 14.9. The summed E-state index contributed by atoms with van der Waals surface area (Å²) < 4.78 is 0.995. The first kappa shape index (κ1) is 10.9. The minimum atomic E-state index is -0.409. The van der Waals surface area contributed by atoms with Crippen molar-refractivity contribution in [3.63, 3.8) is 0 Å². The third-order valence-electron chi connectivity index (χ3n) is 2.18. The highest BCUT2D eigenvalue weighted by Gasteiger charge is 2.04. The Balaban J connectivity index is 2.45. The Morgan fingerprint density at radius 1 is 1.38 bits per heavy atom. The van der Waals surface area contributed by atoms with E-state index in [9.17, 15) is 4.79 Å². The molecule has 2 rings (SSSR count). The predicted molar refractivity (Wildman–Crippen MR) is 67.1 cm³/mol. The number of carbonyl (C=O) groups excluding carboxylic acids is 1. The molecule has 0 saturated carbocycles. The molecule has 0 fully saturated rings. The van der Waals surface area contributed by atoms with Gasteiger partial charge in [-0.15, -0.1) is 0 Å². The highest BCUT2D eigenvalue weighted by atomic mass is 79.9. The predicted octanol–water partition coefficient (Wildman–Crippen LogP) is 1.89. The zero-order valence-corrected chi connectivity index (χ0v) is 9.99. The Kier molecular flexibility index (Phi) is 3.05. The maximum Gasteiger partial charge on any atom is 0.236 e. The number of nitrogens with two attached hydrogens (primary N) is 1. The Labute approximate surface area is 101 Å². The molecule has 0 unspecified atom stereocenters. The number of aromatic nitrogens is 1. The quantitative estimate of drug-likeness (QED) is 0.902. The molecule has 2 aromatic rings. The zero-order valence-electron chi connectivity index (χ0n) is 8.40. The molecule has 16 heavy (non-hydrogen) atoms. The Morgan fingerprint density at radius 3 is 2.94 bits per heavy atom. The van der Waals surface area contributed by atoms with Crippen LogP contribution in [0, 0.1) is 0 Å². The van der Waals surface area contributed by atoms with Crippen LogP contribution >= 0.6 is 15.9 Å². The summed E-state index contributed by atoms with van der Waals surface area (Å²) in [5.41, 5.74) is 5.08. The molecule has 0 aliphatic carbocycles. The van der Waals surface area contributed by atoms with Crippen LogP contribution in [-0.2, 0) is 4.79 Å². The number of primary amides is 1. The summed E-state index contributed by atoms with van der Waals surface area (Å²) in [6.45, 7) is 0.0820. The van der Waals surface area contributed by atoms with E-state index in [4.69, 9.17) is 5.73 Å². The molecule has 0 saturated heterocycles. The van der Waals surface area contributed by atoms with E-state index >= 15 is 0 Å². The van der Waals surface area contributed by atoms with Gasteiger partial charge in [0.1, 0.15) is 5.82 Å². The lowest BCUT2D eigenvalue weighted by atomic mass is 10.1. The SMILES string of the molecule is NC(=O)CNc1nccc2c(Br)cccc12. The van der Waals surface area contributed by atoms with Crippen molar-refractivity contribution in [2.75, 3.05) is 11.9 Å². The van der Waals surface area contributed by atoms with E-state index in [1.807, 2.05) is 24.3 Å². The number of benzene rings is 1. The number of anilines is 1. The van der Waals surface area contributed by atoms with Crippen LogP contribution in [-0.4, -0.2) is 17.4 Å². The van der Waals surface area contributed by atoms with Crippen molar-refractivity contribution < 1.29 is 4.79 Å². The van der Waals surface area contributed by atoms with Gasteiger partial charge >= 0.3 is 0 Å². The normalized spacial score (nSPS) is 10.3. The summed E-state index contributed by atoms with van der Waals surface area (Å²) in [5, 5.41) is 4.91. The number of fused-ring (bicyclic) bond motifs is 1. The minimum Gasteiger partial charge on any atom is -0.368 e. The van der Waals surface area contributed by atoms with Gasteiger partial charge in [0.15, 0.2) is 0 Å². The van der Waals surface area contributed by atoms with Gasteiger partial charge in [0, 0.05) is 21.4 Å². The van der Waals surface area contributed by atoms with Crippen molar-refractivity contribution in [2.45, 2.75) is 0 Å². The monoisotopic (exact) mass is 279 g/mol. The second-order valence-electron chi connectivity index (χ2n) is 3.31.